The molecular weight excluding hydrogens is 314 g/mol. The highest BCUT2D eigenvalue weighted by molar-refractivity contribution is 7.12. The number of rotatable bonds is 7. The molecule has 2 N–H and O–H groups in total. The Hall–Kier alpha value is -2.54. The van der Waals surface area contributed by atoms with Crippen LogP contribution in [0.25, 0.3) is 0 Å². The van der Waals surface area contributed by atoms with Crippen molar-refractivity contribution in [3.63, 3.8) is 0 Å². The molecule has 120 valence electrons. The molecule has 2 aromatic heterocycles. The molecule has 0 unspecified atom stereocenters. The van der Waals surface area contributed by atoms with Crippen molar-refractivity contribution in [3.8, 4) is 0 Å². The van der Waals surface area contributed by atoms with E-state index in [1.165, 1.54) is 18.3 Å². The third kappa shape index (κ3) is 5.30. The summed E-state index contributed by atoms with van der Waals surface area (Å²) in [7, 11) is 0. The number of hydrogen-bond acceptors (Lipinski definition) is 5. The molecule has 2 aromatic rings. The van der Waals surface area contributed by atoms with Crippen molar-refractivity contribution >= 4 is 28.9 Å². The third-order valence-electron chi connectivity index (χ3n) is 3.08. The standard InChI is InChI=1S/C16H17N3O3S/c1-11(20)13-7-14(23-10-13)16(22)18-6-4-15(21)19-9-12-3-2-5-17-8-12/h2-3,5,7-8,10H,4,6,9H2,1H3,(H,18,22)(H,19,21). The van der Waals surface area contributed by atoms with E-state index in [1.54, 1.807) is 29.9 Å². The number of nitrogens with one attached hydrogen (secondary N) is 2. The molecule has 7 heteroatoms. The molecule has 23 heavy (non-hydrogen) atoms. The maximum Gasteiger partial charge on any atom is 0.261 e. The maximum absolute atomic E-state index is 11.9. The molecule has 2 amide bonds. The van der Waals surface area contributed by atoms with Crippen molar-refractivity contribution in [2.24, 2.45) is 0 Å². The van der Waals surface area contributed by atoms with Gasteiger partial charge < -0.3 is 10.6 Å². The Morgan fingerprint density at radius 2 is 2.09 bits per heavy atom. The highest BCUT2D eigenvalue weighted by Crippen LogP contribution is 2.14. The molecule has 6 nitrogen and oxygen atoms in total. The van der Waals surface area contributed by atoms with Crippen molar-refractivity contribution in [2.75, 3.05) is 6.54 Å². The monoisotopic (exact) mass is 331 g/mol. The summed E-state index contributed by atoms with van der Waals surface area (Å²) in [5.74, 6) is -0.498. The second-order valence-corrected chi connectivity index (χ2v) is 5.81. The fraction of sp³-hybridized carbons (Fsp3) is 0.250. The number of aromatic nitrogens is 1. The minimum absolute atomic E-state index is 0.0740. The van der Waals surface area contributed by atoms with E-state index in [0.29, 0.717) is 17.0 Å². The lowest BCUT2D eigenvalue weighted by molar-refractivity contribution is -0.121. The number of carbonyl (C=O) groups is 3. The quantitative estimate of drug-likeness (QED) is 0.757. The molecule has 0 aromatic carbocycles. The van der Waals surface area contributed by atoms with E-state index in [0.717, 1.165) is 5.56 Å². The summed E-state index contributed by atoms with van der Waals surface area (Å²) >= 11 is 1.21. The van der Waals surface area contributed by atoms with Gasteiger partial charge in [-0.2, -0.15) is 0 Å². The van der Waals surface area contributed by atoms with Gasteiger partial charge in [0.25, 0.3) is 5.91 Å². The topological polar surface area (TPSA) is 88.2 Å². The lowest BCUT2D eigenvalue weighted by Gasteiger charge is -2.06. The van der Waals surface area contributed by atoms with Gasteiger partial charge in [-0.05, 0) is 24.6 Å². The van der Waals surface area contributed by atoms with Gasteiger partial charge in [0.1, 0.15) is 0 Å². The number of pyridine rings is 1. The first-order chi connectivity index (χ1) is 11.1. The highest BCUT2D eigenvalue weighted by Gasteiger charge is 2.11. The van der Waals surface area contributed by atoms with E-state index in [2.05, 4.69) is 15.6 Å². The summed E-state index contributed by atoms with van der Waals surface area (Å²) in [5, 5.41) is 7.08. The fourth-order valence-electron chi connectivity index (χ4n) is 1.81. The zero-order valence-corrected chi connectivity index (χ0v) is 13.5. The largest absolute Gasteiger partial charge is 0.352 e. The van der Waals surface area contributed by atoms with Crippen LogP contribution in [-0.4, -0.2) is 29.1 Å². The summed E-state index contributed by atoms with van der Waals surface area (Å²) < 4.78 is 0. The molecule has 0 saturated heterocycles. The zero-order valence-electron chi connectivity index (χ0n) is 12.7. The predicted octanol–water partition coefficient (Wildman–Crippen LogP) is 1.78. The summed E-state index contributed by atoms with van der Waals surface area (Å²) in [6.45, 7) is 2.11. The van der Waals surface area contributed by atoms with E-state index in [9.17, 15) is 14.4 Å². The van der Waals surface area contributed by atoms with Gasteiger partial charge in [-0.25, -0.2) is 0 Å². The van der Waals surface area contributed by atoms with Gasteiger partial charge in [-0.3, -0.25) is 19.4 Å². The molecule has 0 aliphatic rings. The molecule has 0 fully saturated rings. The van der Waals surface area contributed by atoms with Gasteiger partial charge in [0.05, 0.1) is 4.88 Å². The Labute approximate surface area is 137 Å². The molecule has 0 saturated carbocycles. The molecule has 0 atom stereocenters. The fourth-order valence-corrected chi connectivity index (χ4v) is 2.67. The molecule has 0 bridgehead atoms. The number of hydrogen-bond donors (Lipinski definition) is 2. The van der Waals surface area contributed by atoms with Gasteiger partial charge in [-0.1, -0.05) is 6.07 Å². The summed E-state index contributed by atoms with van der Waals surface area (Å²) in [6, 6.07) is 5.24. The number of carbonyl (C=O) groups excluding carboxylic acids is 3. The van der Waals surface area contributed by atoms with Crippen LogP contribution in [0, 0.1) is 0 Å². The van der Waals surface area contributed by atoms with E-state index in [4.69, 9.17) is 0 Å². The van der Waals surface area contributed by atoms with Crippen LogP contribution < -0.4 is 10.6 Å². The van der Waals surface area contributed by atoms with Crippen LogP contribution in [0.4, 0.5) is 0 Å². The van der Waals surface area contributed by atoms with Crippen LogP contribution >= 0.6 is 11.3 Å². The first-order valence-electron chi connectivity index (χ1n) is 7.09. The van der Waals surface area contributed by atoms with Crippen LogP contribution in [-0.2, 0) is 11.3 Å². The normalized spacial score (nSPS) is 10.1. The number of thiophene rings is 1. The smallest absolute Gasteiger partial charge is 0.261 e. The molecule has 0 spiro atoms. The number of amides is 2. The maximum atomic E-state index is 11.9. The zero-order chi connectivity index (χ0) is 16.7. The van der Waals surface area contributed by atoms with Gasteiger partial charge in [-0.15, -0.1) is 11.3 Å². The van der Waals surface area contributed by atoms with Gasteiger partial charge in [0, 0.05) is 42.8 Å². The Morgan fingerprint density at radius 3 is 2.74 bits per heavy atom. The van der Waals surface area contributed by atoms with Crippen molar-refractivity contribution in [1.82, 2.24) is 15.6 Å². The average molecular weight is 331 g/mol. The lowest BCUT2D eigenvalue weighted by atomic mass is 10.2. The number of nitrogens with zero attached hydrogens (tertiary/aromatic N) is 1. The lowest BCUT2D eigenvalue weighted by Crippen LogP contribution is -2.30. The van der Waals surface area contributed by atoms with Crippen molar-refractivity contribution < 1.29 is 14.4 Å². The Kier molecular flexibility index (Phi) is 5.99. The third-order valence-corrected chi connectivity index (χ3v) is 4.01. The van der Waals surface area contributed by atoms with Gasteiger partial charge >= 0.3 is 0 Å². The van der Waals surface area contributed by atoms with Crippen LogP contribution in [0.3, 0.4) is 0 Å². The molecular formula is C16H17N3O3S. The summed E-state index contributed by atoms with van der Waals surface area (Å²) in [5.41, 5.74) is 1.44. The van der Waals surface area contributed by atoms with Crippen molar-refractivity contribution in [2.45, 2.75) is 19.9 Å². The van der Waals surface area contributed by atoms with Gasteiger partial charge in [0.2, 0.25) is 5.91 Å². The number of ketones is 1. The van der Waals surface area contributed by atoms with Crippen LogP contribution in [0.15, 0.2) is 36.0 Å². The SMILES string of the molecule is CC(=O)c1csc(C(=O)NCCC(=O)NCc2cccnc2)c1. The van der Waals surface area contributed by atoms with Crippen LogP contribution in [0.1, 0.15) is 38.9 Å². The summed E-state index contributed by atoms with van der Waals surface area (Å²) in [6.07, 6.45) is 3.55. The molecule has 0 aliphatic heterocycles. The second kappa shape index (κ2) is 8.19. The minimum Gasteiger partial charge on any atom is -0.352 e. The molecule has 0 aliphatic carbocycles. The average Bonchev–Trinajstić information content (AvgIpc) is 3.04. The highest BCUT2D eigenvalue weighted by atomic mass is 32.1. The van der Waals surface area contributed by atoms with E-state index in [1.807, 2.05) is 6.07 Å². The Morgan fingerprint density at radius 1 is 1.26 bits per heavy atom. The first kappa shape index (κ1) is 16.8. The van der Waals surface area contributed by atoms with E-state index < -0.39 is 0 Å². The molecule has 2 heterocycles. The van der Waals surface area contributed by atoms with Gasteiger partial charge in [0.15, 0.2) is 5.78 Å². The van der Waals surface area contributed by atoms with Crippen LogP contribution in [0.2, 0.25) is 0 Å². The minimum atomic E-state index is -0.275. The van der Waals surface area contributed by atoms with Crippen LogP contribution in [0.5, 0.6) is 0 Å². The predicted molar refractivity (Wildman–Crippen MR) is 87.4 cm³/mol. The second-order valence-electron chi connectivity index (χ2n) is 4.90. The first-order valence-corrected chi connectivity index (χ1v) is 7.97. The van der Waals surface area contributed by atoms with E-state index >= 15 is 0 Å². The Bertz CT molecular complexity index is 698. The molecule has 0 radical (unpaired) electrons. The van der Waals surface area contributed by atoms with Crippen molar-refractivity contribution in [1.29, 1.82) is 0 Å². The Balaban J connectivity index is 1.70. The number of Topliss-reactive ketones (excluding diaryl/α,β-unsaturated/α-hetero) is 1. The molecule has 2 rings (SSSR count). The van der Waals surface area contributed by atoms with Crippen molar-refractivity contribution in [3.05, 3.63) is 52.0 Å². The summed E-state index contributed by atoms with van der Waals surface area (Å²) in [4.78, 5) is 39.2. The van der Waals surface area contributed by atoms with E-state index in [-0.39, 0.29) is 30.6 Å².